The van der Waals surface area contributed by atoms with Crippen LogP contribution in [-0.2, 0) is 17.8 Å². The van der Waals surface area contributed by atoms with E-state index >= 15 is 0 Å². The molecule has 0 N–H and O–H groups in total. The first-order valence-corrected chi connectivity index (χ1v) is 9.73. The Morgan fingerprint density at radius 3 is 2.67 bits per heavy atom. The standard InChI is InChI=1S/C22H25N3O2/c1-2-18-11-12-19(27-18)22-21(17-8-4-3-5-9-17)23-16-25(22)15-7-14-24-13-6-10-20(24)26/h3-5,8-9,11-12,16H,2,6-7,10,13-15H2,1H3. The summed E-state index contributed by atoms with van der Waals surface area (Å²) in [6.07, 6.45) is 5.34. The number of carbonyl (C=O) groups excluding carboxylic acids is 1. The summed E-state index contributed by atoms with van der Waals surface area (Å²) in [5.41, 5.74) is 3.02. The monoisotopic (exact) mass is 363 g/mol. The number of furan rings is 1. The van der Waals surface area contributed by atoms with Gasteiger partial charge in [0.15, 0.2) is 5.76 Å². The van der Waals surface area contributed by atoms with E-state index in [-0.39, 0.29) is 5.91 Å². The molecule has 0 unspecified atom stereocenters. The first kappa shape index (κ1) is 17.6. The number of hydrogen-bond donors (Lipinski definition) is 0. The molecule has 2 aromatic heterocycles. The van der Waals surface area contributed by atoms with Crippen LogP contribution in [-0.4, -0.2) is 33.4 Å². The van der Waals surface area contributed by atoms with Gasteiger partial charge in [0.1, 0.15) is 11.5 Å². The summed E-state index contributed by atoms with van der Waals surface area (Å²) in [7, 11) is 0. The third kappa shape index (κ3) is 3.68. The maximum Gasteiger partial charge on any atom is 0.222 e. The molecule has 0 radical (unpaired) electrons. The Kier molecular flexibility index (Phi) is 5.10. The second-order valence-electron chi connectivity index (χ2n) is 6.96. The van der Waals surface area contributed by atoms with Crippen molar-refractivity contribution in [2.24, 2.45) is 0 Å². The van der Waals surface area contributed by atoms with Crippen molar-refractivity contribution in [2.45, 2.75) is 39.2 Å². The second-order valence-corrected chi connectivity index (χ2v) is 6.96. The highest BCUT2D eigenvalue weighted by Crippen LogP contribution is 2.32. The third-order valence-electron chi connectivity index (χ3n) is 5.13. The lowest BCUT2D eigenvalue weighted by atomic mass is 10.1. The number of rotatable bonds is 7. The van der Waals surface area contributed by atoms with Gasteiger partial charge in [-0.1, -0.05) is 37.3 Å². The summed E-state index contributed by atoms with van der Waals surface area (Å²) in [5.74, 6) is 2.10. The fourth-order valence-electron chi connectivity index (χ4n) is 3.68. The lowest BCUT2D eigenvalue weighted by Crippen LogP contribution is -2.26. The largest absolute Gasteiger partial charge is 0.459 e. The van der Waals surface area contributed by atoms with Gasteiger partial charge in [-0.3, -0.25) is 4.79 Å². The van der Waals surface area contributed by atoms with Crippen LogP contribution in [0.2, 0.25) is 0 Å². The number of imidazole rings is 1. The van der Waals surface area contributed by atoms with Gasteiger partial charge in [-0.25, -0.2) is 4.98 Å². The van der Waals surface area contributed by atoms with Gasteiger partial charge in [0, 0.05) is 38.0 Å². The molecule has 1 aliphatic rings. The summed E-state index contributed by atoms with van der Waals surface area (Å²) in [5, 5.41) is 0. The maximum absolute atomic E-state index is 11.8. The SMILES string of the molecule is CCc1ccc(-c2c(-c3ccccc3)ncn2CCCN2CCCC2=O)o1. The summed E-state index contributed by atoms with van der Waals surface area (Å²) in [6.45, 7) is 4.59. The predicted octanol–water partition coefficient (Wildman–Crippen LogP) is 4.39. The molecule has 27 heavy (non-hydrogen) atoms. The van der Waals surface area contributed by atoms with Gasteiger partial charge in [0.2, 0.25) is 5.91 Å². The summed E-state index contributed by atoms with van der Waals surface area (Å²) in [4.78, 5) is 18.5. The van der Waals surface area contributed by atoms with Crippen LogP contribution in [0.5, 0.6) is 0 Å². The van der Waals surface area contributed by atoms with Crippen LogP contribution in [0.15, 0.2) is 53.2 Å². The molecule has 1 aromatic carbocycles. The summed E-state index contributed by atoms with van der Waals surface area (Å²) in [6, 6.07) is 14.3. The van der Waals surface area contributed by atoms with Crippen LogP contribution in [0.25, 0.3) is 22.7 Å². The molecule has 4 rings (SSSR count). The molecule has 1 amide bonds. The van der Waals surface area contributed by atoms with Crippen LogP contribution in [0.4, 0.5) is 0 Å². The van der Waals surface area contributed by atoms with Crippen molar-refractivity contribution in [1.82, 2.24) is 14.5 Å². The van der Waals surface area contributed by atoms with Crippen molar-refractivity contribution in [2.75, 3.05) is 13.1 Å². The van der Waals surface area contributed by atoms with E-state index < -0.39 is 0 Å². The summed E-state index contributed by atoms with van der Waals surface area (Å²) < 4.78 is 8.21. The Morgan fingerprint density at radius 1 is 1.11 bits per heavy atom. The second kappa shape index (κ2) is 7.82. The van der Waals surface area contributed by atoms with Crippen LogP contribution in [0, 0.1) is 0 Å². The predicted molar refractivity (Wildman–Crippen MR) is 105 cm³/mol. The Bertz CT molecular complexity index is 911. The molecule has 0 saturated carbocycles. The maximum atomic E-state index is 11.8. The molecule has 3 heterocycles. The molecule has 3 aromatic rings. The Labute approximate surface area is 159 Å². The number of likely N-dealkylation sites (tertiary alicyclic amines) is 1. The van der Waals surface area contributed by atoms with Gasteiger partial charge in [0.25, 0.3) is 0 Å². The van der Waals surface area contributed by atoms with E-state index in [0.717, 1.165) is 67.4 Å². The molecule has 5 heteroatoms. The van der Waals surface area contributed by atoms with Crippen LogP contribution in [0.3, 0.4) is 0 Å². The highest BCUT2D eigenvalue weighted by Gasteiger charge is 2.21. The van der Waals surface area contributed by atoms with Crippen molar-refractivity contribution in [3.63, 3.8) is 0 Å². The minimum Gasteiger partial charge on any atom is -0.459 e. The zero-order valence-corrected chi connectivity index (χ0v) is 15.7. The van der Waals surface area contributed by atoms with Gasteiger partial charge >= 0.3 is 0 Å². The average molecular weight is 363 g/mol. The zero-order chi connectivity index (χ0) is 18.6. The third-order valence-corrected chi connectivity index (χ3v) is 5.13. The van der Waals surface area contributed by atoms with E-state index in [2.05, 4.69) is 28.6 Å². The lowest BCUT2D eigenvalue weighted by molar-refractivity contribution is -0.127. The topological polar surface area (TPSA) is 51.3 Å². The highest BCUT2D eigenvalue weighted by molar-refractivity contribution is 5.78. The van der Waals surface area contributed by atoms with Crippen molar-refractivity contribution >= 4 is 5.91 Å². The Hall–Kier alpha value is -2.82. The summed E-state index contributed by atoms with van der Waals surface area (Å²) >= 11 is 0. The smallest absolute Gasteiger partial charge is 0.222 e. The van der Waals surface area contributed by atoms with E-state index in [1.54, 1.807) is 0 Å². The molecule has 1 saturated heterocycles. The van der Waals surface area contributed by atoms with Gasteiger partial charge in [-0.05, 0) is 25.0 Å². The Balaban J connectivity index is 1.60. The van der Waals surface area contributed by atoms with Crippen LogP contribution < -0.4 is 0 Å². The molecule has 0 bridgehead atoms. The highest BCUT2D eigenvalue weighted by atomic mass is 16.3. The number of carbonyl (C=O) groups is 1. The first-order valence-electron chi connectivity index (χ1n) is 9.73. The van der Waals surface area contributed by atoms with E-state index in [0.29, 0.717) is 6.42 Å². The fourth-order valence-corrected chi connectivity index (χ4v) is 3.68. The molecule has 0 atom stereocenters. The average Bonchev–Trinajstić information content (AvgIpc) is 3.42. The number of amides is 1. The van der Waals surface area contributed by atoms with E-state index in [9.17, 15) is 4.79 Å². The number of hydrogen-bond acceptors (Lipinski definition) is 3. The van der Waals surface area contributed by atoms with Crippen LogP contribution >= 0.6 is 0 Å². The molecule has 5 nitrogen and oxygen atoms in total. The minimum absolute atomic E-state index is 0.282. The Morgan fingerprint density at radius 2 is 1.96 bits per heavy atom. The van der Waals surface area contributed by atoms with E-state index in [1.807, 2.05) is 41.6 Å². The quantitative estimate of drug-likeness (QED) is 0.626. The minimum atomic E-state index is 0.282. The van der Waals surface area contributed by atoms with Gasteiger partial charge in [0.05, 0.1) is 12.0 Å². The van der Waals surface area contributed by atoms with Crippen molar-refractivity contribution in [3.8, 4) is 22.7 Å². The molecule has 0 aliphatic carbocycles. The zero-order valence-electron chi connectivity index (χ0n) is 15.7. The van der Waals surface area contributed by atoms with Gasteiger partial charge in [-0.2, -0.15) is 0 Å². The number of aromatic nitrogens is 2. The molecule has 1 fully saturated rings. The number of nitrogens with zero attached hydrogens (tertiary/aromatic N) is 3. The fraction of sp³-hybridized carbons (Fsp3) is 0.364. The van der Waals surface area contributed by atoms with Crippen molar-refractivity contribution < 1.29 is 9.21 Å². The van der Waals surface area contributed by atoms with Crippen molar-refractivity contribution in [1.29, 1.82) is 0 Å². The van der Waals surface area contributed by atoms with Crippen LogP contribution in [0.1, 0.15) is 31.9 Å². The molecular formula is C22H25N3O2. The molecule has 1 aliphatic heterocycles. The lowest BCUT2D eigenvalue weighted by Gasteiger charge is -2.16. The number of aryl methyl sites for hydroxylation is 2. The first-order chi connectivity index (χ1) is 13.3. The van der Waals surface area contributed by atoms with Gasteiger partial charge in [-0.15, -0.1) is 0 Å². The van der Waals surface area contributed by atoms with E-state index in [1.165, 1.54) is 0 Å². The van der Waals surface area contributed by atoms with E-state index in [4.69, 9.17) is 4.42 Å². The van der Waals surface area contributed by atoms with Crippen molar-refractivity contribution in [3.05, 3.63) is 54.6 Å². The molecular weight excluding hydrogens is 338 g/mol. The molecule has 140 valence electrons. The number of benzene rings is 1. The van der Waals surface area contributed by atoms with Gasteiger partial charge < -0.3 is 13.9 Å². The normalized spacial score (nSPS) is 14.3. The molecule has 0 spiro atoms.